The van der Waals surface area contributed by atoms with Crippen molar-refractivity contribution in [2.45, 2.75) is 45.8 Å². The highest BCUT2D eigenvalue weighted by atomic mass is 35.5. The number of aryl methyl sites for hydroxylation is 2. The molecule has 0 aromatic heterocycles. The Kier molecular flexibility index (Phi) is 5.15. The number of halogens is 1. The van der Waals surface area contributed by atoms with Gasteiger partial charge in [0.1, 0.15) is 17.1 Å². The van der Waals surface area contributed by atoms with Crippen LogP contribution in [0.15, 0.2) is 36.4 Å². The van der Waals surface area contributed by atoms with Gasteiger partial charge in [-0.3, -0.25) is 4.79 Å². The zero-order valence-electron chi connectivity index (χ0n) is 15.6. The Hall–Kier alpha value is -2.20. The summed E-state index contributed by atoms with van der Waals surface area (Å²) >= 11 is 6.17. The zero-order valence-corrected chi connectivity index (χ0v) is 16.3. The SMILES string of the molecule is Cc1cc(OCC(=O)N[C@@H]2CC(C)(C)Oc3ccccc32)cc(C)c1Cl. The van der Waals surface area contributed by atoms with E-state index >= 15 is 0 Å². The van der Waals surface area contributed by atoms with E-state index in [0.29, 0.717) is 12.2 Å². The summed E-state index contributed by atoms with van der Waals surface area (Å²) in [6.07, 6.45) is 0.703. The molecule has 1 atom stereocenters. The summed E-state index contributed by atoms with van der Waals surface area (Å²) in [4.78, 5) is 12.4. The van der Waals surface area contributed by atoms with E-state index in [1.165, 1.54) is 0 Å². The van der Waals surface area contributed by atoms with Gasteiger partial charge < -0.3 is 14.8 Å². The summed E-state index contributed by atoms with van der Waals surface area (Å²) in [5.41, 5.74) is 2.53. The second-order valence-corrected chi connectivity index (χ2v) is 7.76. The first-order valence-corrected chi connectivity index (χ1v) is 9.10. The Balaban J connectivity index is 1.67. The fourth-order valence-electron chi connectivity index (χ4n) is 3.31. The van der Waals surface area contributed by atoms with Crippen molar-refractivity contribution in [3.63, 3.8) is 0 Å². The summed E-state index contributed by atoms with van der Waals surface area (Å²) in [6.45, 7) is 7.85. The van der Waals surface area contributed by atoms with Crippen LogP contribution in [0.1, 0.15) is 43.0 Å². The van der Waals surface area contributed by atoms with Crippen LogP contribution in [0.25, 0.3) is 0 Å². The minimum atomic E-state index is -0.336. The molecule has 3 rings (SSSR count). The van der Waals surface area contributed by atoms with Gasteiger partial charge in [0.25, 0.3) is 5.91 Å². The maximum atomic E-state index is 12.4. The van der Waals surface area contributed by atoms with Gasteiger partial charge in [-0.1, -0.05) is 29.8 Å². The van der Waals surface area contributed by atoms with Crippen LogP contribution in [0.5, 0.6) is 11.5 Å². The predicted molar refractivity (Wildman–Crippen MR) is 103 cm³/mol. The molecular weight excluding hydrogens is 350 g/mol. The molecule has 0 aliphatic carbocycles. The van der Waals surface area contributed by atoms with Crippen LogP contribution in [0, 0.1) is 13.8 Å². The molecule has 1 amide bonds. The van der Waals surface area contributed by atoms with Crippen molar-refractivity contribution in [1.82, 2.24) is 5.32 Å². The van der Waals surface area contributed by atoms with Crippen molar-refractivity contribution in [2.24, 2.45) is 0 Å². The monoisotopic (exact) mass is 373 g/mol. The molecule has 2 aromatic carbocycles. The van der Waals surface area contributed by atoms with E-state index in [1.807, 2.05) is 64.1 Å². The van der Waals surface area contributed by atoms with Gasteiger partial charge in [0, 0.05) is 17.0 Å². The van der Waals surface area contributed by atoms with E-state index in [0.717, 1.165) is 27.5 Å². The van der Waals surface area contributed by atoms with E-state index in [2.05, 4.69) is 5.32 Å². The van der Waals surface area contributed by atoms with Crippen molar-refractivity contribution in [1.29, 1.82) is 0 Å². The number of benzene rings is 2. The van der Waals surface area contributed by atoms with Crippen LogP contribution in [0.3, 0.4) is 0 Å². The first kappa shape index (κ1) is 18.6. The van der Waals surface area contributed by atoms with Crippen molar-refractivity contribution in [3.05, 3.63) is 58.1 Å². The van der Waals surface area contributed by atoms with Crippen LogP contribution in [0.2, 0.25) is 5.02 Å². The van der Waals surface area contributed by atoms with E-state index in [4.69, 9.17) is 21.1 Å². The van der Waals surface area contributed by atoms with Gasteiger partial charge in [0.2, 0.25) is 0 Å². The predicted octanol–water partition coefficient (Wildman–Crippen LogP) is 4.75. The molecule has 0 radical (unpaired) electrons. The second kappa shape index (κ2) is 7.20. The molecule has 4 nitrogen and oxygen atoms in total. The Morgan fingerprint density at radius 3 is 2.62 bits per heavy atom. The second-order valence-electron chi connectivity index (χ2n) is 7.38. The van der Waals surface area contributed by atoms with Gasteiger partial charge in [-0.15, -0.1) is 0 Å². The van der Waals surface area contributed by atoms with Gasteiger partial charge in [0.05, 0.1) is 6.04 Å². The number of nitrogens with one attached hydrogen (secondary N) is 1. The van der Waals surface area contributed by atoms with E-state index in [1.54, 1.807) is 0 Å². The van der Waals surface area contributed by atoms with Gasteiger partial charge in [-0.05, 0) is 57.0 Å². The summed E-state index contributed by atoms with van der Waals surface area (Å²) in [5, 5.41) is 3.80. The minimum Gasteiger partial charge on any atom is -0.487 e. The van der Waals surface area contributed by atoms with Crippen LogP contribution >= 0.6 is 11.6 Å². The number of para-hydroxylation sites is 1. The van der Waals surface area contributed by atoms with Crippen molar-refractivity contribution < 1.29 is 14.3 Å². The number of carbonyl (C=O) groups excluding carboxylic acids is 1. The van der Waals surface area contributed by atoms with Crippen molar-refractivity contribution >= 4 is 17.5 Å². The van der Waals surface area contributed by atoms with E-state index in [9.17, 15) is 4.79 Å². The molecule has 26 heavy (non-hydrogen) atoms. The normalized spacial score (nSPS) is 17.8. The Labute approximate surface area is 159 Å². The van der Waals surface area contributed by atoms with Gasteiger partial charge in [0.15, 0.2) is 6.61 Å². The number of hydrogen-bond acceptors (Lipinski definition) is 3. The largest absolute Gasteiger partial charge is 0.487 e. The van der Waals surface area contributed by atoms with Crippen LogP contribution in [-0.4, -0.2) is 18.1 Å². The molecule has 0 unspecified atom stereocenters. The summed E-state index contributed by atoms with van der Waals surface area (Å²) in [5.74, 6) is 1.30. The molecule has 2 aromatic rings. The third kappa shape index (κ3) is 4.13. The van der Waals surface area contributed by atoms with E-state index < -0.39 is 0 Å². The summed E-state index contributed by atoms with van der Waals surface area (Å²) in [6, 6.07) is 11.4. The van der Waals surface area contributed by atoms with Crippen molar-refractivity contribution in [3.8, 4) is 11.5 Å². The Morgan fingerprint density at radius 2 is 1.92 bits per heavy atom. The van der Waals surface area contributed by atoms with E-state index in [-0.39, 0.29) is 24.2 Å². The lowest BCUT2D eigenvalue weighted by Gasteiger charge is -2.37. The van der Waals surface area contributed by atoms with Gasteiger partial charge >= 0.3 is 0 Å². The first-order valence-electron chi connectivity index (χ1n) is 8.72. The summed E-state index contributed by atoms with van der Waals surface area (Å²) < 4.78 is 11.7. The maximum Gasteiger partial charge on any atom is 0.258 e. The molecule has 1 aliphatic rings. The third-order valence-electron chi connectivity index (χ3n) is 4.49. The standard InChI is InChI=1S/C21H24ClNO3/c1-13-9-15(10-14(2)20(13)22)25-12-19(24)23-17-11-21(3,4)26-18-8-6-5-7-16(17)18/h5-10,17H,11-12H2,1-4H3,(H,23,24)/t17-/m1/s1. The number of carbonyl (C=O) groups is 1. The van der Waals surface area contributed by atoms with Crippen molar-refractivity contribution in [2.75, 3.05) is 6.61 Å². The minimum absolute atomic E-state index is 0.0412. The van der Waals surface area contributed by atoms with Crippen LogP contribution < -0.4 is 14.8 Å². The average Bonchev–Trinajstić information content (AvgIpc) is 2.56. The maximum absolute atomic E-state index is 12.4. The lowest BCUT2D eigenvalue weighted by atomic mass is 9.90. The number of fused-ring (bicyclic) bond motifs is 1. The van der Waals surface area contributed by atoms with Crippen LogP contribution in [-0.2, 0) is 4.79 Å². The highest BCUT2D eigenvalue weighted by Gasteiger charge is 2.34. The lowest BCUT2D eigenvalue weighted by molar-refractivity contribution is -0.124. The fourth-order valence-corrected chi connectivity index (χ4v) is 3.41. The third-order valence-corrected chi connectivity index (χ3v) is 5.09. The van der Waals surface area contributed by atoms with Gasteiger partial charge in [-0.25, -0.2) is 0 Å². The highest BCUT2D eigenvalue weighted by molar-refractivity contribution is 6.32. The molecule has 1 aliphatic heterocycles. The molecule has 0 fully saturated rings. The number of hydrogen-bond donors (Lipinski definition) is 1. The molecule has 0 saturated carbocycles. The smallest absolute Gasteiger partial charge is 0.258 e. The molecule has 1 N–H and O–H groups in total. The Morgan fingerprint density at radius 1 is 1.27 bits per heavy atom. The first-order chi connectivity index (χ1) is 12.2. The molecule has 1 heterocycles. The topological polar surface area (TPSA) is 47.6 Å². The lowest BCUT2D eigenvalue weighted by Crippen LogP contribution is -2.42. The number of ether oxygens (including phenoxy) is 2. The Bertz CT molecular complexity index is 809. The highest BCUT2D eigenvalue weighted by Crippen LogP contribution is 2.39. The number of amides is 1. The molecule has 0 saturated heterocycles. The fraction of sp³-hybridized carbons (Fsp3) is 0.381. The molecule has 0 bridgehead atoms. The van der Waals surface area contributed by atoms with Gasteiger partial charge in [-0.2, -0.15) is 0 Å². The average molecular weight is 374 g/mol. The van der Waals surface area contributed by atoms with Crippen LogP contribution in [0.4, 0.5) is 0 Å². The molecule has 0 spiro atoms. The zero-order chi connectivity index (χ0) is 18.9. The molecule has 5 heteroatoms. The summed E-state index contributed by atoms with van der Waals surface area (Å²) in [7, 11) is 0. The number of rotatable bonds is 4. The molecular formula is C21H24ClNO3. The molecule has 138 valence electrons. The quantitative estimate of drug-likeness (QED) is 0.840.